The van der Waals surface area contributed by atoms with Gasteiger partial charge in [-0.05, 0) is 17.5 Å². The molecule has 0 saturated carbocycles. The summed E-state index contributed by atoms with van der Waals surface area (Å²) >= 11 is 5.07. The van der Waals surface area contributed by atoms with Gasteiger partial charge in [0.2, 0.25) is 0 Å². The summed E-state index contributed by atoms with van der Waals surface area (Å²) in [7, 11) is 0. The number of pyridine rings is 2. The maximum absolute atomic E-state index is 13.5. The van der Waals surface area contributed by atoms with Crippen LogP contribution in [0.15, 0.2) is 12.1 Å². The highest BCUT2D eigenvalue weighted by Gasteiger charge is 2.15. The number of fused-ring (bicyclic) bond motifs is 1. The summed E-state index contributed by atoms with van der Waals surface area (Å²) in [6.45, 7) is 3.90. The summed E-state index contributed by atoms with van der Waals surface area (Å²) in [6.07, 6.45) is 0. The van der Waals surface area contributed by atoms with E-state index in [1.165, 1.54) is 0 Å². The molecule has 0 saturated heterocycles. The lowest BCUT2D eigenvalue weighted by atomic mass is 10.0. The first-order valence-electron chi connectivity index (χ1n) is 4.88. The van der Waals surface area contributed by atoms with Gasteiger partial charge in [0.25, 0.3) is 0 Å². The number of rotatable bonds is 1. The molecule has 2 aliphatic heterocycles. The van der Waals surface area contributed by atoms with Crippen molar-refractivity contribution in [1.82, 2.24) is 9.97 Å². The Morgan fingerprint density at radius 3 is 2.62 bits per heavy atom. The number of halogens is 2. The minimum absolute atomic E-state index is 0.145. The zero-order valence-corrected chi connectivity index (χ0v) is 9.66. The monoisotopic (exact) mass is 240 g/mol. The molecular weight excluding hydrogens is 230 g/mol. The van der Waals surface area contributed by atoms with Crippen molar-refractivity contribution in [3.05, 3.63) is 34.1 Å². The summed E-state index contributed by atoms with van der Waals surface area (Å²) in [5.41, 5.74) is 1.06. The predicted molar refractivity (Wildman–Crippen MR) is 60.0 cm³/mol. The third-order valence-corrected chi connectivity index (χ3v) is 2.71. The van der Waals surface area contributed by atoms with Gasteiger partial charge in [-0.2, -0.15) is 4.39 Å². The highest BCUT2D eigenvalue weighted by atomic mass is 32.1. The molecule has 0 aromatic rings. The van der Waals surface area contributed by atoms with Crippen molar-refractivity contribution in [2.24, 2.45) is 0 Å². The van der Waals surface area contributed by atoms with Gasteiger partial charge in [-0.3, -0.25) is 0 Å². The van der Waals surface area contributed by atoms with Gasteiger partial charge in [-0.15, -0.1) is 0 Å². The summed E-state index contributed by atoms with van der Waals surface area (Å²) in [5.74, 6) is -1.08. The second-order valence-corrected chi connectivity index (χ2v) is 4.29. The number of hydrogen-bond donors (Lipinski definition) is 1. The number of nitrogens with zero attached hydrogens (tertiary/aromatic N) is 1. The van der Waals surface area contributed by atoms with Gasteiger partial charge in [-0.25, -0.2) is 9.37 Å². The summed E-state index contributed by atoms with van der Waals surface area (Å²) in [5, 5.41) is 0. The molecule has 0 aromatic heterocycles. The molecule has 0 spiro atoms. The summed E-state index contributed by atoms with van der Waals surface area (Å²) < 4.78 is 26.8. The van der Waals surface area contributed by atoms with Crippen LogP contribution in [0, 0.1) is 16.4 Å². The minimum atomic E-state index is -0.760. The number of hydrogen-bond acceptors (Lipinski definition) is 2. The fraction of sp³-hybridized carbons (Fsp3) is 0.273. The fourth-order valence-electron chi connectivity index (χ4n) is 1.54. The van der Waals surface area contributed by atoms with E-state index >= 15 is 0 Å². The van der Waals surface area contributed by atoms with Gasteiger partial charge >= 0.3 is 0 Å². The zero-order valence-electron chi connectivity index (χ0n) is 8.84. The van der Waals surface area contributed by atoms with E-state index in [1.807, 2.05) is 13.8 Å². The number of H-pyrrole nitrogens is 1. The first-order valence-corrected chi connectivity index (χ1v) is 5.29. The maximum Gasteiger partial charge on any atom is 0.195 e. The number of nitrogens with one attached hydrogen (secondary N) is 1. The molecule has 0 aromatic carbocycles. The van der Waals surface area contributed by atoms with E-state index in [0.717, 1.165) is 11.6 Å². The molecule has 0 amide bonds. The van der Waals surface area contributed by atoms with Gasteiger partial charge in [0, 0.05) is 6.07 Å². The van der Waals surface area contributed by atoms with Gasteiger partial charge in [0.05, 0.1) is 5.56 Å². The molecule has 0 bridgehead atoms. The fourth-order valence-corrected chi connectivity index (χ4v) is 1.93. The molecule has 2 nitrogen and oxygen atoms in total. The Hall–Kier alpha value is -1.36. The Labute approximate surface area is 96.7 Å². The molecule has 0 radical (unpaired) electrons. The average Bonchev–Trinajstić information content (AvgIpc) is 2.15. The first-order chi connectivity index (χ1) is 7.49. The Morgan fingerprint density at radius 2 is 2.00 bits per heavy atom. The van der Waals surface area contributed by atoms with Crippen LogP contribution in [0.1, 0.15) is 25.3 Å². The van der Waals surface area contributed by atoms with Crippen LogP contribution in [0.25, 0.3) is 11.4 Å². The van der Waals surface area contributed by atoms with Crippen LogP contribution in [0.3, 0.4) is 0 Å². The molecule has 5 heteroatoms. The molecule has 2 aliphatic rings. The van der Waals surface area contributed by atoms with Gasteiger partial charge in [-0.1, -0.05) is 26.1 Å². The minimum Gasteiger partial charge on any atom is -0.316 e. The van der Waals surface area contributed by atoms with Crippen molar-refractivity contribution in [1.29, 1.82) is 0 Å². The molecule has 84 valence electrons. The van der Waals surface area contributed by atoms with E-state index in [-0.39, 0.29) is 17.3 Å². The van der Waals surface area contributed by atoms with E-state index in [2.05, 4.69) is 9.97 Å². The van der Waals surface area contributed by atoms with Crippen LogP contribution >= 0.6 is 12.2 Å². The van der Waals surface area contributed by atoms with Gasteiger partial charge in [0.15, 0.2) is 5.95 Å². The van der Waals surface area contributed by atoms with Crippen molar-refractivity contribution in [2.45, 2.75) is 19.8 Å². The molecule has 1 N–H and O–H groups in total. The average molecular weight is 240 g/mol. The quantitative estimate of drug-likeness (QED) is 0.609. The van der Waals surface area contributed by atoms with Crippen molar-refractivity contribution >= 4 is 12.2 Å². The molecule has 0 fully saturated rings. The highest BCUT2D eigenvalue weighted by molar-refractivity contribution is 7.71. The van der Waals surface area contributed by atoms with Crippen LogP contribution in [-0.2, 0) is 0 Å². The van der Waals surface area contributed by atoms with E-state index in [9.17, 15) is 8.78 Å². The SMILES string of the molecule is CC(C)c1cc2c(F)cc(F)[nH]c-2nc1=S. The molecule has 16 heavy (non-hydrogen) atoms. The van der Waals surface area contributed by atoms with Crippen LogP contribution < -0.4 is 0 Å². The predicted octanol–water partition coefficient (Wildman–Crippen LogP) is 3.65. The maximum atomic E-state index is 13.5. The second kappa shape index (κ2) is 3.90. The first kappa shape index (κ1) is 11.1. The lowest BCUT2D eigenvalue weighted by Gasteiger charge is -2.11. The van der Waals surface area contributed by atoms with E-state index in [0.29, 0.717) is 4.64 Å². The standard InChI is InChI=1S/C11H10F2N2S/c1-5(2)6-3-7-8(12)4-9(13)14-10(7)15-11(6)16/h3-5H,1-2H3,(H,14,15,16). The number of aromatic nitrogens is 2. The van der Waals surface area contributed by atoms with Crippen LogP contribution in [-0.4, -0.2) is 9.97 Å². The van der Waals surface area contributed by atoms with Crippen molar-refractivity contribution in [3.63, 3.8) is 0 Å². The Morgan fingerprint density at radius 1 is 1.31 bits per heavy atom. The smallest absolute Gasteiger partial charge is 0.195 e. The van der Waals surface area contributed by atoms with Crippen molar-refractivity contribution in [3.8, 4) is 11.4 Å². The van der Waals surface area contributed by atoms with Gasteiger partial charge < -0.3 is 4.98 Å². The second-order valence-electron chi connectivity index (χ2n) is 3.90. The van der Waals surface area contributed by atoms with Crippen molar-refractivity contribution in [2.75, 3.05) is 0 Å². The zero-order chi connectivity index (χ0) is 11.9. The molecule has 0 aliphatic carbocycles. The largest absolute Gasteiger partial charge is 0.316 e. The number of aromatic amines is 1. The van der Waals surface area contributed by atoms with E-state index < -0.39 is 11.8 Å². The normalized spacial score (nSPS) is 11.3. The Kier molecular flexibility index (Phi) is 2.71. The third-order valence-electron chi connectivity index (χ3n) is 2.39. The highest BCUT2D eigenvalue weighted by Crippen LogP contribution is 2.26. The Balaban J connectivity index is 2.80. The summed E-state index contributed by atoms with van der Waals surface area (Å²) in [6, 6.07) is 2.43. The van der Waals surface area contributed by atoms with E-state index in [4.69, 9.17) is 12.2 Å². The van der Waals surface area contributed by atoms with E-state index in [1.54, 1.807) is 6.07 Å². The third kappa shape index (κ3) is 1.82. The summed E-state index contributed by atoms with van der Waals surface area (Å²) in [4.78, 5) is 6.35. The molecular formula is C11H10F2N2S. The van der Waals surface area contributed by atoms with Crippen molar-refractivity contribution < 1.29 is 8.78 Å². The Bertz CT molecular complexity index is 563. The van der Waals surface area contributed by atoms with Gasteiger partial charge in [0.1, 0.15) is 16.3 Å². The van der Waals surface area contributed by atoms with Crippen LogP contribution in [0.4, 0.5) is 8.78 Å². The van der Waals surface area contributed by atoms with Crippen LogP contribution in [0.2, 0.25) is 0 Å². The molecule has 0 atom stereocenters. The lowest BCUT2D eigenvalue weighted by molar-refractivity contribution is 0.551. The lowest BCUT2D eigenvalue weighted by Crippen LogP contribution is -2.02. The van der Waals surface area contributed by atoms with Crippen LogP contribution in [0.5, 0.6) is 0 Å². The molecule has 2 heterocycles. The topological polar surface area (TPSA) is 28.7 Å². The molecule has 0 unspecified atom stereocenters. The molecule has 2 rings (SSSR count).